The van der Waals surface area contributed by atoms with Crippen LogP contribution in [0.1, 0.15) is 44.2 Å². The van der Waals surface area contributed by atoms with Gasteiger partial charge in [0.05, 0.1) is 6.61 Å². The Labute approximate surface area is 125 Å². The second-order valence-electron chi connectivity index (χ2n) is 5.82. The predicted octanol–water partition coefficient (Wildman–Crippen LogP) is 4.26. The first-order valence-corrected chi connectivity index (χ1v) is 8.03. The van der Waals surface area contributed by atoms with Crippen molar-refractivity contribution in [2.75, 3.05) is 6.61 Å². The Hall–Kier alpha value is -0.380. The van der Waals surface area contributed by atoms with Gasteiger partial charge in [0.1, 0.15) is 0 Å². The molecule has 2 rings (SSSR count). The summed E-state index contributed by atoms with van der Waals surface area (Å²) in [6, 6.07) is 7.33. The van der Waals surface area contributed by atoms with Crippen molar-refractivity contribution >= 4 is 15.9 Å². The molecule has 2 nitrogen and oxygen atoms in total. The maximum Gasteiger partial charge on any atom is 0.0727 e. The molecule has 0 spiro atoms. The van der Waals surface area contributed by atoms with Crippen molar-refractivity contribution in [3.8, 4) is 0 Å². The zero-order valence-electron chi connectivity index (χ0n) is 11.9. The Kier molecular flexibility index (Phi) is 5.86. The lowest BCUT2D eigenvalue weighted by Crippen LogP contribution is -2.15. The van der Waals surface area contributed by atoms with Gasteiger partial charge in [-0.15, -0.1) is 0 Å². The van der Waals surface area contributed by atoms with Gasteiger partial charge in [0.2, 0.25) is 0 Å². The molecule has 1 saturated carbocycles. The average molecular weight is 326 g/mol. The van der Waals surface area contributed by atoms with Gasteiger partial charge in [0.25, 0.3) is 0 Å². The molecule has 106 valence electrons. The Morgan fingerprint density at radius 2 is 2.16 bits per heavy atom. The van der Waals surface area contributed by atoms with Gasteiger partial charge in [-0.25, -0.2) is 0 Å². The summed E-state index contributed by atoms with van der Waals surface area (Å²) in [5.41, 5.74) is 2.57. The van der Waals surface area contributed by atoms with Gasteiger partial charge >= 0.3 is 0 Å². The summed E-state index contributed by atoms with van der Waals surface area (Å²) in [5, 5.41) is 3.53. The third-order valence-electron chi connectivity index (χ3n) is 3.39. The molecule has 3 heteroatoms. The van der Waals surface area contributed by atoms with E-state index in [1.807, 2.05) is 0 Å². The van der Waals surface area contributed by atoms with Gasteiger partial charge in [0.15, 0.2) is 0 Å². The van der Waals surface area contributed by atoms with Crippen LogP contribution in [0.15, 0.2) is 22.7 Å². The normalized spacial score (nSPS) is 15.2. The van der Waals surface area contributed by atoms with Crippen LogP contribution in [0.3, 0.4) is 0 Å². The zero-order valence-corrected chi connectivity index (χ0v) is 13.5. The van der Waals surface area contributed by atoms with Crippen molar-refractivity contribution in [3.05, 3.63) is 33.8 Å². The van der Waals surface area contributed by atoms with Crippen LogP contribution in [0.2, 0.25) is 0 Å². The van der Waals surface area contributed by atoms with Crippen molar-refractivity contribution in [2.24, 2.45) is 5.92 Å². The van der Waals surface area contributed by atoms with E-state index >= 15 is 0 Å². The Bertz CT molecular complexity index is 402. The maximum absolute atomic E-state index is 5.71. The molecule has 0 amide bonds. The van der Waals surface area contributed by atoms with Crippen LogP contribution in [-0.2, 0) is 17.9 Å². The second-order valence-corrected chi connectivity index (χ2v) is 6.67. The number of rotatable bonds is 8. The highest BCUT2D eigenvalue weighted by atomic mass is 79.9. The van der Waals surface area contributed by atoms with Crippen LogP contribution < -0.4 is 5.32 Å². The molecule has 0 bridgehead atoms. The fourth-order valence-electron chi connectivity index (χ4n) is 1.87. The molecule has 0 unspecified atom stereocenters. The smallest absolute Gasteiger partial charge is 0.0727 e. The molecule has 1 aliphatic rings. The summed E-state index contributed by atoms with van der Waals surface area (Å²) in [6.07, 6.45) is 3.80. The standard InChI is InChI=1S/C16H24BrNO/c1-12(2)7-8-19-11-14-4-3-13(9-16(14)17)10-18-15-5-6-15/h3-4,9,12,15,18H,5-8,10-11H2,1-2H3. The van der Waals surface area contributed by atoms with Gasteiger partial charge in [0, 0.05) is 23.7 Å². The van der Waals surface area contributed by atoms with Crippen LogP contribution >= 0.6 is 15.9 Å². The van der Waals surface area contributed by atoms with Crippen LogP contribution in [0.4, 0.5) is 0 Å². The first-order valence-electron chi connectivity index (χ1n) is 7.23. The molecular formula is C16H24BrNO. The minimum Gasteiger partial charge on any atom is -0.377 e. The highest BCUT2D eigenvalue weighted by Crippen LogP contribution is 2.22. The zero-order chi connectivity index (χ0) is 13.7. The topological polar surface area (TPSA) is 21.3 Å². The number of benzene rings is 1. The molecule has 1 fully saturated rings. The van der Waals surface area contributed by atoms with Gasteiger partial charge in [-0.1, -0.05) is 41.9 Å². The average Bonchev–Trinajstić information content (AvgIpc) is 3.17. The molecule has 0 saturated heterocycles. The number of hydrogen-bond donors (Lipinski definition) is 1. The molecule has 0 aromatic heterocycles. The SMILES string of the molecule is CC(C)CCOCc1ccc(CNC2CC2)cc1Br. The summed E-state index contributed by atoms with van der Waals surface area (Å²) in [6.45, 7) is 6.96. The van der Waals surface area contributed by atoms with Crippen molar-refractivity contribution in [1.29, 1.82) is 0 Å². The lowest BCUT2D eigenvalue weighted by atomic mass is 10.1. The Morgan fingerprint density at radius 3 is 2.79 bits per heavy atom. The first-order chi connectivity index (χ1) is 9.15. The number of nitrogens with one attached hydrogen (secondary N) is 1. The van der Waals surface area contributed by atoms with Gasteiger partial charge in [-0.3, -0.25) is 0 Å². The van der Waals surface area contributed by atoms with E-state index in [0.717, 1.165) is 30.1 Å². The van der Waals surface area contributed by atoms with E-state index in [4.69, 9.17) is 4.74 Å². The van der Waals surface area contributed by atoms with E-state index in [9.17, 15) is 0 Å². The molecule has 0 radical (unpaired) electrons. The van der Waals surface area contributed by atoms with Crippen molar-refractivity contribution < 1.29 is 4.74 Å². The summed E-state index contributed by atoms with van der Waals surface area (Å²) >= 11 is 3.64. The van der Waals surface area contributed by atoms with Crippen LogP contribution in [0.5, 0.6) is 0 Å². The van der Waals surface area contributed by atoms with Crippen LogP contribution in [0.25, 0.3) is 0 Å². The van der Waals surface area contributed by atoms with Gasteiger partial charge < -0.3 is 10.1 Å². The largest absolute Gasteiger partial charge is 0.377 e. The fourth-order valence-corrected chi connectivity index (χ4v) is 2.41. The second kappa shape index (κ2) is 7.41. The molecule has 1 aliphatic carbocycles. The van der Waals surface area contributed by atoms with Crippen molar-refractivity contribution in [1.82, 2.24) is 5.32 Å². The third-order valence-corrected chi connectivity index (χ3v) is 4.12. The van der Waals surface area contributed by atoms with E-state index in [2.05, 4.69) is 53.3 Å². The third kappa shape index (κ3) is 5.64. The first kappa shape index (κ1) is 15.0. The van der Waals surface area contributed by atoms with E-state index in [1.165, 1.54) is 24.0 Å². The van der Waals surface area contributed by atoms with Crippen LogP contribution in [-0.4, -0.2) is 12.6 Å². The van der Waals surface area contributed by atoms with Gasteiger partial charge in [-0.2, -0.15) is 0 Å². The molecule has 0 heterocycles. The minimum atomic E-state index is 0.698. The van der Waals surface area contributed by atoms with E-state index < -0.39 is 0 Å². The summed E-state index contributed by atoms with van der Waals surface area (Å²) < 4.78 is 6.87. The number of ether oxygens (including phenoxy) is 1. The quantitative estimate of drug-likeness (QED) is 0.721. The predicted molar refractivity (Wildman–Crippen MR) is 83.1 cm³/mol. The molecule has 1 aromatic carbocycles. The minimum absolute atomic E-state index is 0.698. The maximum atomic E-state index is 5.71. The molecule has 19 heavy (non-hydrogen) atoms. The lowest BCUT2D eigenvalue weighted by molar-refractivity contribution is 0.110. The summed E-state index contributed by atoms with van der Waals surface area (Å²) in [4.78, 5) is 0. The van der Waals surface area contributed by atoms with Gasteiger partial charge in [-0.05, 0) is 42.4 Å². The summed E-state index contributed by atoms with van der Waals surface area (Å²) in [5.74, 6) is 0.708. The van der Waals surface area contributed by atoms with E-state index in [-0.39, 0.29) is 0 Å². The van der Waals surface area contributed by atoms with Crippen LogP contribution in [0, 0.1) is 5.92 Å². The van der Waals surface area contributed by atoms with Crippen molar-refractivity contribution in [3.63, 3.8) is 0 Å². The summed E-state index contributed by atoms with van der Waals surface area (Å²) in [7, 11) is 0. The molecular weight excluding hydrogens is 302 g/mol. The monoisotopic (exact) mass is 325 g/mol. The molecule has 0 atom stereocenters. The Balaban J connectivity index is 1.77. The molecule has 0 aliphatic heterocycles. The lowest BCUT2D eigenvalue weighted by Gasteiger charge is -2.10. The Morgan fingerprint density at radius 1 is 1.37 bits per heavy atom. The highest BCUT2D eigenvalue weighted by molar-refractivity contribution is 9.10. The fraction of sp³-hybridized carbons (Fsp3) is 0.625. The van der Waals surface area contributed by atoms with Crippen molar-refractivity contribution in [2.45, 2.75) is 52.3 Å². The molecule has 1 aromatic rings. The number of halogens is 1. The number of hydrogen-bond acceptors (Lipinski definition) is 2. The van der Waals surface area contributed by atoms with E-state index in [1.54, 1.807) is 0 Å². The van der Waals surface area contributed by atoms with E-state index in [0.29, 0.717) is 12.5 Å². The molecule has 1 N–H and O–H groups in total. The highest BCUT2D eigenvalue weighted by Gasteiger charge is 2.19.